The summed E-state index contributed by atoms with van der Waals surface area (Å²) in [5.41, 5.74) is 0. The first kappa shape index (κ1) is 9.44. The highest BCUT2D eigenvalue weighted by atomic mass is 16.7. The van der Waals surface area contributed by atoms with Gasteiger partial charge in [0.1, 0.15) is 0 Å². The lowest BCUT2D eigenvalue weighted by atomic mass is 10.0. The molecule has 2 aliphatic heterocycles. The van der Waals surface area contributed by atoms with E-state index in [-0.39, 0.29) is 6.29 Å². The molecule has 0 aliphatic carbocycles. The van der Waals surface area contributed by atoms with Crippen LogP contribution >= 0.6 is 0 Å². The summed E-state index contributed by atoms with van der Waals surface area (Å²) < 4.78 is 10.8. The van der Waals surface area contributed by atoms with Crippen LogP contribution in [0.25, 0.3) is 0 Å². The van der Waals surface area contributed by atoms with Crippen LogP contribution < -0.4 is 5.32 Å². The van der Waals surface area contributed by atoms with Crippen molar-refractivity contribution in [3.63, 3.8) is 0 Å². The van der Waals surface area contributed by atoms with Crippen LogP contribution in [0.2, 0.25) is 0 Å². The van der Waals surface area contributed by atoms with Gasteiger partial charge in [0.05, 0.1) is 13.2 Å². The minimum absolute atomic E-state index is 0.0868. The molecule has 2 rings (SSSR count). The number of nitrogens with one attached hydrogen (secondary N) is 1. The monoisotopic (exact) mass is 185 g/mol. The van der Waals surface area contributed by atoms with E-state index in [4.69, 9.17) is 9.47 Å². The van der Waals surface area contributed by atoms with Gasteiger partial charge in [0.25, 0.3) is 0 Å². The van der Waals surface area contributed by atoms with Crippen molar-refractivity contribution < 1.29 is 9.47 Å². The molecule has 3 nitrogen and oxygen atoms in total. The molecule has 13 heavy (non-hydrogen) atoms. The highest BCUT2D eigenvalue weighted by Crippen LogP contribution is 2.16. The first-order valence-corrected chi connectivity index (χ1v) is 5.42. The Bertz CT molecular complexity index is 140. The van der Waals surface area contributed by atoms with Crippen LogP contribution in [0.1, 0.15) is 32.1 Å². The summed E-state index contributed by atoms with van der Waals surface area (Å²) >= 11 is 0. The van der Waals surface area contributed by atoms with Gasteiger partial charge in [-0.1, -0.05) is 6.42 Å². The fourth-order valence-electron chi connectivity index (χ4n) is 2.08. The average Bonchev–Trinajstić information content (AvgIpc) is 2.69. The molecule has 76 valence electrons. The van der Waals surface area contributed by atoms with E-state index in [0.717, 1.165) is 19.6 Å². The second-order valence-electron chi connectivity index (χ2n) is 3.90. The summed E-state index contributed by atoms with van der Waals surface area (Å²) in [5.74, 6) is 0. The number of hydrogen-bond donors (Lipinski definition) is 1. The van der Waals surface area contributed by atoms with E-state index in [0.29, 0.717) is 6.04 Å². The highest BCUT2D eigenvalue weighted by Gasteiger charge is 2.19. The van der Waals surface area contributed by atoms with E-state index in [2.05, 4.69) is 5.32 Å². The van der Waals surface area contributed by atoms with E-state index < -0.39 is 0 Å². The molecule has 1 N–H and O–H groups in total. The zero-order valence-corrected chi connectivity index (χ0v) is 8.13. The lowest BCUT2D eigenvalue weighted by Crippen LogP contribution is -2.34. The van der Waals surface area contributed by atoms with Crippen LogP contribution in [0.5, 0.6) is 0 Å². The quantitative estimate of drug-likeness (QED) is 0.718. The highest BCUT2D eigenvalue weighted by molar-refractivity contribution is 4.72. The van der Waals surface area contributed by atoms with Gasteiger partial charge < -0.3 is 14.8 Å². The van der Waals surface area contributed by atoms with E-state index >= 15 is 0 Å². The predicted molar refractivity (Wildman–Crippen MR) is 50.6 cm³/mol. The molecule has 0 unspecified atom stereocenters. The molecule has 2 fully saturated rings. The van der Waals surface area contributed by atoms with Gasteiger partial charge in [-0.05, 0) is 32.2 Å². The lowest BCUT2D eigenvalue weighted by molar-refractivity contribution is -0.0495. The second kappa shape index (κ2) is 4.94. The van der Waals surface area contributed by atoms with Gasteiger partial charge in [0, 0.05) is 6.04 Å². The summed E-state index contributed by atoms with van der Waals surface area (Å²) in [6.07, 6.45) is 6.38. The van der Waals surface area contributed by atoms with E-state index in [9.17, 15) is 0 Å². The zero-order valence-electron chi connectivity index (χ0n) is 8.13. The Labute approximate surface area is 79.8 Å². The topological polar surface area (TPSA) is 30.5 Å². The van der Waals surface area contributed by atoms with E-state index in [1.807, 2.05) is 0 Å². The molecule has 0 amide bonds. The van der Waals surface area contributed by atoms with Gasteiger partial charge in [-0.2, -0.15) is 0 Å². The third-order valence-electron chi connectivity index (χ3n) is 2.85. The molecule has 0 bridgehead atoms. The van der Waals surface area contributed by atoms with Crippen molar-refractivity contribution >= 4 is 0 Å². The van der Waals surface area contributed by atoms with E-state index in [1.54, 1.807) is 0 Å². The molecule has 3 heteroatoms. The smallest absolute Gasteiger partial charge is 0.157 e. The summed E-state index contributed by atoms with van der Waals surface area (Å²) in [7, 11) is 0. The minimum Gasteiger partial charge on any atom is -0.350 e. The molecule has 0 aromatic heterocycles. The first-order valence-electron chi connectivity index (χ1n) is 5.42. The second-order valence-corrected chi connectivity index (χ2v) is 3.90. The third-order valence-corrected chi connectivity index (χ3v) is 2.85. The molecule has 0 radical (unpaired) electrons. The molecule has 0 spiro atoms. The maximum atomic E-state index is 5.39. The van der Waals surface area contributed by atoms with Gasteiger partial charge in [-0.3, -0.25) is 0 Å². The molecule has 2 aliphatic rings. The van der Waals surface area contributed by atoms with Crippen LogP contribution in [-0.4, -0.2) is 32.1 Å². The summed E-state index contributed by atoms with van der Waals surface area (Å²) in [5, 5.41) is 3.53. The van der Waals surface area contributed by atoms with Crippen LogP contribution in [0.4, 0.5) is 0 Å². The van der Waals surface area contributed by atoms with E-state index in [1.165, 1.54) is 32.2 Å². The molecule has 2 saturated heterocycles. The molecular weight excluding hydrogens is 166 g/mol. The minimum atomic E-state index is 0.0868. The van der Waals surface area contributed by atoms with Gasteiger partial charge in [-0.25, -0.2) is 0 Å². The number of hydrogen-bond acceptors (Lipinski definition) is 3. The van der Waals surface area contributed by atoms with Crippen molar-refractivity contribution in [1.82, 2.24) is 5.32 Å². The van der Waals surface area contributed by atoms with Crippen LogP contribution in [0.3, 0.4) is 0 Å². The Morgan fingerprint density at radius 2 is 1.92 bits per heavy atom. The zero-order chi connectivity index (χ0) is 8.93. The fraction of sp³-hybridized carbons (Fsp3) is 1.00. The van der Waals surface area contributed by atoms with Crippen molar-refractivity contribution in [1.29, 1.82) is 0 Å². The number of rotatable bonds is 3. The Morgan fingerprint density at radius 1 is 1.08 bits per heavy atom. The van der Waals surface area contributed by atoms with Crippen molar-refractivity contribution in [2.24, 2.45) is 0 Å². The normalized spacial score (nSPS) is 30.9. The fourth-order valence-corrected chi connectivity index (χ4v) is 2.08. The predicted octanol–water partition coefficient (Wildman–Crippen LogP) is 1.28. The largest absolute Gasteiger partial charge is 0.350 e. The molecule has 0 aromatic carbocycles. The van der Waals surface area contributed by atoms with Crippen molar-refractivity contribution in [3.8, 4) is 0 Å². The SMILES string of the molecule is C1CC[C@H](CCC2OCCO2)NC1. The molecular formula is C10H19NO2. The maximum absolute atomic E-state index is 5.39. The summed E-state index contributed by atoms with van der Waals surface area (Å²) in [6, 6.07) is 0.710. The summed E-state index contributed by atoms with van der Waals surface area (Å²) in [4.78, 5) is 0. The Kier molecular flexibility index (Phi) is 3.58. The van der Waals surface area contributed by atoms with Crippen molar-refractivity contribution in [2.75, 3.05) is 19.8 Å². The standard InChI is InChI=1S/C10H19NO2/c1-2-6-11-9(3-1)4-5-10-12-7-8-13-10/h9-11H,1-8H2/t9-/m1/s1. The van der Waals surface area contributed by atoms with Crippen LogP contribution in [0, 0.1) is 0 Å². The van der Waals surface area contributed by atoms with Gasteiger partial charge in [0.2, 0.25) is 0 Å². The molecule has 1 atom stereocenters. The van der Waals surface area contributed by atoms with Crippen molar-refractivity contribution in [2.45, 2.75) is 44.4 Å². The first-order chi connectivity index (χ1) is 6.45. The Hall–Kier alpha value is -0.120. The van der Waals surface area contributed by atoms with Crippen LogP contribution in [0.15, 0.2) is 0 Å². The Morgan fingerprint density at radius 3 is 2.62 bits per heavy atom. The third kappa shape index (κ3) is 2.93. The van der Waals surface area contributed by atoms with Gasteiger partial charge in [0.15, 0.2) is 6.29 Å². The molecule has 0 saturated carbocycles. The summed E-state index contributed by atoms with van der Waals surface area (Å²) in [6.45, 7) is 2.75. The maximum Gasteiger partial charge on any atom is 0.157 e. The van der Waals surface area contributed by atoms with Gasteiger partial charge >= 0.3 is 0 Å². The molecule has 2 heterocycles. The lowest BCUT2D eigenvalue weighted by Gasteiger charge is -2.24. The number of ether oxygens (including phenoxy) is 2. The molecule has 0 aromatic rings. The Balaban J connectivity index is 1.60. The van der Waals surface area contributed by atoms with Crippen molar-refractivity contribution in [3.05, 3.63) is 0 Å². The number of piperidine rings is 1. The van der Waals surface area contributed by atoms with Crippen LogP contribution in [-0.2, 0) is 9.47 Å². The average molecular weight is 185 g/mol. The van der Waals surface area contributed by atoms with Gasteiger partial charge in [-0.15, -0.1) is 0 Å².